The lowest BCUT2D eigenvalue weighted by Crippen LogP contribution is -2.45. The fourth-order valence-corrected chi connectivity index (χ4v) is 7.97. The van der Waals surface area contributed by atoms with E-state index in [1.807, 2.05) is 129 Å². The number of piperidine rings is 2. The van der Waals surface area contributed by atoms with Gasteiger partial charge < -0.3 is 20.3 Å². The van der Waals surface area contributed by atoms with E-state index in [1.165, 1.54) is 7.11 Å². The Morgan fingerprint density at radius 1 is 0.547 bits per heavy atom. The molecule has 6 aromatic rings. The average Bonchev–Trinajstić information content (AvgIpc) is 3.38. The Kier molecular flexibility index (Phi) is 15.6. The molecule has 0 atom stereocenters. The van der Waals surface area contributed by atoms with Crippen molar-refractivity contribution in [1.29, 1.82) is 0 Å². The fourth-order valence-electron chi connectivity index (χ4n) is 7.97. The van der Waals surface area contributed by atoms with E-state index in [2.05, 4.69) is 9.97 Å². The third-order valence-corrected chi connectivity index (χ3v) is 11.5. The van der Waals surface area contributed by atoms with E-state index in [-0.39, 0.29) is 30.4 Å². The molecule has 2 aliphatic rings. The molecule has 64 heavy (non-hydrogen) atoms. The summed E-state index contributed by atoms with van der Waals surface area (Å²) in [5, 5.41) is 0. The molecule has 12 nitrogen and oxygen atoms in total. The van der Waals surface area contributed by atoms with Gasteiger partial charge in [0.1, 0.15) is 0 Å². The van der Waals surface area contributed by atoms with Crippen molar-refractivity contribution < 1.29 is 23.9 Å². The second kappa shape index (κ2) is 22.3. The molecule has 4 heterocycles. The lowest BCUT2D eigenvalue weighted by Gasteiger charge is -2.33. The van der Waals surface area contributed by atoms with Crippen molar-refractivity contribution in [2.45, 2.75) is 51.6 Å². The van der Waals surface area contributed by atoms with Gasteiger partial charge in [-0.2, -0.15) is 0 Å². The molecule has 0 radical (unpaired) electrons. The minimum Gasteiger partial charge on any atom is -0.465 e. The van der Waals surface area contributed by atoms with Crippen LogP contribution in [0.2, 0.25) is 0 Å². The second-order valence-corrected chi connectivity index (χ2v) is 15.9. The number of benzene rings is 4. The molecule has 0 saturated carbocycles. The van der Waals surface area contributed by atoms with Crippen molar-refractivity contribution in [3.8, 4) is 22.3 Å². The Morgan fingerprint density at radius 3 is 1.36 bits per heavy atom. The monoisotopic (exact) mass is 857 g/mol. The number of amides is 4. The minimum absolute atomic E-state index is 0.00470. The Labute approximate surface area is 375 Å². The van der Waals surface area contributed by atoms with Crippen LogP contribution in [0, 0.1) is 0 Å². The Balaban J connectivity index is 0.000000191. The van der Waals surface area contributed by atoms with E-state index in [4.69, 9.17) is 10.5 Å². The summed E-state index contributed by atoms with van der Waals surface area (Å²) in [7, 11) is 1.37. The highest BCUT2D eigenvalue weighted by Crippen LogP contribution is 2.29. The SMILES string of the molecule is COC(=O)c1ccc(CN(C(=O)N2CCCCC2)c2cccc(-c3cccnc3)c2)cc1.NCC(=O)c1ccc(CN(C(=O)N2CCCCC2)c2cccc(-c3cccnc3)c2)cc1. The van der Waals surface area contributed by atoms with E-state index in [1.54, 1.807) is 36.7 Å². The number of hydrogen-bond acceptors (Lipinski definition) is 8. The molecule has 2 saturated heterocycles. The Hall–Kier alpha value is -7.18. The van der Waals surface area contributed by atoms with Gasteiger partial charge in [0.15, 0.2) is 5.78 Å². The predicted molar refractivity (Wildman–Crippen MR) is 251 cm³/mol. The molecule has 2 N–H and O–H groups in total. The highest BCUT2D eigenvalue weighted by atomic mass is 16.5. The van der Waals surface area contributed by atoms with Gasteiger partial charge in [-0.15, -0.1) is 0 Å². The van der Waals surface area contributed by atoms with E-state index < -0.39 is 0 Å². The summed E-state index contributed by atoms with van der Waals surface area (Å²) >= 11 is 0. The average molecular weight is 858 g/mol. The number of rotatable bonds is 11. The van der Waals surface area contributed by atoms with Crippen LogP contribution in [0.15, 0.2) is 146 Å². The summed E-state index contributed by atoms with van der Waals surface area (Å²) in [6.45, 7) is 3.93. The van der Waals surface area contributed by atoms with Gasteiger partial charge in [-0.05, 0) is 109 Å². The van der Waals surface area contributed by atoms with Crippen molar-refractivity contribution >= 4 is 35.2 Å². The molecule has 4 aromatic carbocycles. The Morgan fingerprint density at radius 2 is 0.969 bits per heavy atom. The Bertz CT molecular complexity index is 2300. The summed E-state index contributed by atoms with van der Waals surface area (Å²) in [4.78, 5) is 66.6. The zero-order chi connectivity index (χ0) is 44.7. The van der Waals surface area contributed by atoms with Crippen molar-refractivity contribution in [3.63, 3.8) is 0 Å². The maximum atomic E-state index is 13.5. The number of methoxy groups -OCH3 is 1. The van der Waals surface area contributed by atoms with Gasteiger partial charge in [0.05, 0.1) is 32.3 Å². The van der Waals surface area contributed by atoms with Gasteiger partial charge in [0.25, 0.3) is 0 Å². The zero-order valence-corrected chi connectivity index (χ0v) is 36.4. The molecular weight excluding hydrogens is 803 g/mol. The standard InChI is InChI=1S/C26H28N4O2.C26H27N3O3/c27-17-25(31)21-11-9-20(10-12-21)19-30(26(32)29-14-2-1-3-15-29)24-8-4-6-22(16-24)23-7-5-13-28-18-23;1-32-25(30)21-12-10-20(11-13-21)19-29(26(31)28-15-3-2-4-16-28)24-9-5-7-22(17-24)23-8-6-14-27-18-23/h4-13,16,18H,1-3,14-15,17,19,27H2;5-14,17-18H,2-4,15-16,19H2,1H3. The van der Waals surface area contributed by atoms with E-state index >= 15 is 0 Å². The number of urea groups is 2. The second-order valence-electron chi connectivity index (χ2n) is 15.9. The number of ketones is 1. The summed E-state index contributed by atoms with van der Waals surface area (Å²) in [6.07, 6.45) is 13.6. The molecule has 0 aliphatic carbocycles. The van der Waals surface area contributed by atoms with Crippen LogP contribution < -0.4 is 15.5 Å². The molecule has 8 rings (SSSR count). The number of likely N-dealkylation sites (tertiary alicyclic amines) is 2. The maximum Gasteiger partial charge on any atom is 0.337 e. The van der Waals surface area contributed by atoms with Crippen LogP contribution >= 0.6 is 0 Å². The van der Waals surface area contributed by atoms with Gasteiger partial charge in [-0.25, -0.2) is 14.4 Å². The van der Waals surface area contributed by atoms with Gasteiger partial charge in [-0.1, -0.05) is 72.8 Å². The molecule has 4 amide bonds. The first-order valence-electron chi connectivity index (χ1n) is 21.9. The highest BCUT2D eigenvalue weighted by molar-refractivity contribution is 5.98. The van der Waals surface area contributed by atoms with Gasteiger partial charge in [0, 0.05) is 79.0 Å². The molecule has 12 heteroatoms. The van der Waals surface area contributed by atoms with Crippen LogP contribution in [-0.4, -0.2) is 83.4 Å². The van der Waals surface area contributed by atoms with Crippen molar-refractivity contribution in [2.24, 2.45) is 5.73 Å². The lowest BCUT2D eigenvalue weighted by molar-refractivity contribution is 0.0600. The summed E-state index contributed by atoms with van der Waals surface area (Å²) in [5.41, 5.74) is 14.1. The highest BCUT2D eigenvalue weighted by Gasteiger charge is 2.26. The number of aromatic nitrogens is 2. The number of carbonyl (C=O) groups is 4. The van der Waals surface area contributed by atoms with Crippen LogP contribution in [0.1, 0.15) is 70.4 Å². The maximum absolute atomic E-state index is 13.5. The van der Waals surface area contributed by atoms with Gasteiger partial charge >= 0.3 is 18.0 Å². The van der Waals surface area contributed by atoms with Crippen LogP contribution in [-0.2, 0) is 17.8 Å². The summed E-state index contributed by atoms with van der Waals surface area (Å²) < 4.78 is 4.78. The molecule has 0 bridgehead atoms. The number of pyridine rings is 2. The molecule has 0 spiro atoms. The summed E-state index contributed by atoms with van der Waals surface area (Å²) in [6, 6.07) is 38.4. The number of ether oxygens (including phenoxy) is 1. The van der Waals surface area contributed by atoms with Crippen LogP contribution in [0.3, 0.4) is 0 Å². The quantitative estimate of drug-likeness (QED) is 0.100. The number of carbonyl (C=O) groups excluding carboxylic acids is 4. The smallest absolute Gasteiger partial charge is 0.337 e. The minimum atomic E-state index is -0.373. The third-order valence-electron chi connectivity index (χ3n) is 11.5. The van der Waals surface area contributed by atoms with Gasteiger partial charge in [0.2, 0.25) is 0 Å². The molecule has 2 aliphatic heterocycles. The third kappa shape index (κ3) is 11.6. The number of anilines is 2. The first-order valence-corrected chi connectivity index (χ1v) is 21.9. The molecule has 328 valence electrons. The van der Waals surface area contributed by atoms with E-state index in [0.29, 0.717) is 24.2 Å². The normalized spacial score (nSPS) is 13.5. The van der Waals surface area contributed by atoms with Gasteiger partial charge in [-0.3, -0.25) is 24.6 Å². The van der Waals surface area contributed by atoms with Crippen molar-refractivity contribution in [3.05, 3.63) is 168 Å². The van der Waals surface area contributed by atoms with Crippen LogP contribution in [0.4, 0.5) is 21.0 Å². The lowest BCUT2D eigenvalue weighted by atomic mass is 10.1. The molecule has 0 unspecified atom stereocenters. The molecule has 2 fully saturated rings. The number of nitrogens with two attached hydrogens (primary N) is 1. The number of esters is 1. The number of Topliss-reactive ketones (excluding diaryl/α,β-unsaturated/α-hetero) is 1. The van der Waals surface area contributed by atoms with E-state index in [9.17, 15) is 19.2 Å². The number of hydrogen-bond donors (Lipinski definition) is 1. The first kappa shape index (κ1) is 44.9. The fraction of sp³-hybridized carbons (Fsp3) is 0.269. The summed E-state index contributed by atoms with van der Waals surface area (Å²) in [5.74, 6) is -0.469. The van der Waals surface area contributed by atoms with Crippen LogP contribution in [0.25, 0.3) is 22.3 Å². The number of nitrogens with zero attached hydrogens (tertiary/aromatic N) is 6. The topological polar surface area (TPSA) is 142 Å². The molecular formula is C52H55N7O5. The van der Waals surface area contributed by atoms with E-state index in [0.717, 1.165) is 109 Å². The molecule has 2 aromatic heterocycles. The zero-order valence-electron chi connectivity index (χ0n) is 36.4. The van der Waals surface area contributed by atoms with Crippen LogP contribution in [0.5, 0.6) is 0 Å². The van der Waals surface area contributed by atoms with Crippen molar-refractivity contribution in [1.82, 2.24) is 19.8 Å². The predicted octanol–water partition coefficient (Wildman–Crippen LogP) is 9.65. The van der Waals surface area contributed by atoms with Crippen molar-refractivity contribution in [2.75, 3.05) is 49.6 Å². The first-order chi connectivity index (χ1) is 31.3. The largest absolute Gasteiger partial charge is 0.465 e.